The highest BCUT2D eigenvalue weighted by Gasteiger charge is 2.38. The zero-order chi connectivity index (χ0) is 22.2. The standard InChI is InChI=1S/C32H50/c1-3-5-7-8-10-12-26-14-16-30-24-32(20-18-28(30)22-26)31-19-17-27-21-25(11-9-6-4-2)13-15-29(27)23-31/h4,6,13,15,21,26,28,30-32H,3,5,7-12,14,16-20,22-24H2,1-2H3/b6-4+. The first kappa shape index (κ1) is 24.1. The SMILES string of the molecule is C/C=C/CCc1ccc2c(c1)CCC(C1CCC3CC(CCCCCCC)CCC3C1)C2. The normalized spacial score (nSPS) is 30.2. The van der Waals surface area contributed by atoms with Crippen molar-refractivity contribution in [1.82, 2.24) is 0 Å². The first-order chi connectivity index (χ1) is 15.8. The summed E-state index contributed by atoms with van der Waals surface area (Å²) >= 11 is 0. The van der Waals surface area contributed by atoms with Crippen LogP contribution in [0.15, 0.2) is 30.4 Å². The van der Waals surface area contributed by atoms with Crippen molar-refractivity contribution in [2.24, 2.45) is 29.6 Å². The highest BCUT2D eigenvalue weighted by Crippen LogP contribution is 2.49. The molecule has 5 unspecified atom stereocenters. The van der Waals surface area contributed by atoms with E-state index < -0.39 is 0 Å². The van der Waals surface area contributed by atoms with Crippen molar-refractivity contribution in [3.05, 3.63) is 47.0 Å². The van der Waals surface area contributed by atoms with E-state index in [9.17, 15) is 0 Å². The van der Waals surface area contributed by atoms with Crippen LogP contribution in [-0.4, -0.2) is 0 Å². The molecule has 0 heterocycles. The number of rotatable bonds is 10. The lowest BCUT2D eigenvalue weighted by Gasteiger charge is -2.45. The largest absolute Gasteiger partial charge is 0.0917 e. The summed E-state index contributed by atoms with van der Waals surface area (Å²) in [6.07, 6.45) is 29.2. The second-order valence-electron chi connectivity index (χ2n) is 11.7. The minimum absolute atomic E-state index is 0.966. The first-order valence-corrected chi connectivity index (χ1v) is 14.5. The van der Waals surface area contributed by atoms with Crippen molar-refractivity contribution in [2.75, 3.05) is 0 Å². The number of aryl methyl sites for hydroxylation is 2. The van der Waals surface area contributed by atoms with Gasteiger partial charge in [-0.25, -0.2) is 0 Å². The fourth-order valence-corrected chi connectivity index (χ4v) is 7.56. The van der Waals surface area contributed by atoms with Crippen LogP contribution in [-0.2, 0) is 19.3 Å². The van der Waals surface area contributed by atoms with Crippen LogP contribution in [0.4, 0.5) is 0 Å². The van der Waals surface area contributed by atoms with Crippen LogP contribution in [0.5, 0.6) is 0 Å². The summed E-state index contributed by atoms with van der Waals surface area (Å²) in [6, 6.07) is 7.45. The van der Waals surface area contributed by atoms with Crippen LogP contribution in [0.25, 0.3) is 0 Å². The third-order valence-electron chi connectivity index (χ3n) is 9.52. The lowest BCUT2D eigenvalue weighted by Crippen LogP contribution is -2.35. The van der Waals surface area contributed by atoms with Gasteiger partial charge in [-0.05, 0) is 117 Å². The van der Waals surface area contributed by atoms with E-state index in [2.05, 4.69) is 44.2 Å². The Morgan fingerprint density at radius 3 is 2.44 bits per heavy atom. The molecule has 178 valence electrons. The topological polar surface area (TPSA) is 0 Å². The van der Waals surface area contributed by atoms with E-state index in [0.717, 1.165) is 29.6 Å². The molecule has 1 aromatic rings. The molecular weight excluding hydrogens is 384 g/mol. The summed E-state index contributed by atoms with van der Waals surface area (Å²) in [4.78, 5) is 0. The van der Waals surface area contributed by atoms with Crippen LogP contribution in [0, 0.1) is 29.6 Å². The van der Waals surface area contributed by atoms with Crippen molar-refractivity contribution in [3.63, 3.8) is 0 Å². The maximum absolute atomic E-state index is 2.54. The molecule has 1 aromatic carbocycles. The third kappa shape index (κ3) is 6.51. The van der Waals surface area contributed by atoms with Crippen molar-refractivity contribution in [1.29, 1.82) is 0 Å². The molecule has 0 aromatic heterocycles. The van der Waals surface area contributed by atoms with Gasteiger partial charge in [-0.1, -0.05) is 82.2 Å². The molecule has 0 spiro atoms. The van der Waals surface area contributed by atoms with E-state index in [0.29, 0.717) is 0 Å². The van der Waals surface area contributed by atoms with Crippen molar-refractivity contribution in [3.8, 4) is 0 Å². The van der Waals surface area contributed by atoms with Gasteiger partial charge < -0.3 is 0 Å². The average Bonchev–Trinajstić information content (AvgIpc) is 2.83. The Balaban J connectivity index is 1.23. The molecule has 0 saturated heterocycles. The average molecular weight is 435 g/mol. The molecule has 5 atom stereocenters. The van der Waals surface area contributed by atoms with Crippen LogP contribution in [0.2, 0.25) is 0 Å². The Morgan fingerprint density at radius 1 is 0.812 bits per heavy atom. The smallest absolute Gasteiger partial charge is 0.0244 e. The Bertz CT molecular complexity index is 713. The van der Waals surface area contributed by atoms with E-state index in [-0.39, 0.29) is 0 Å². The zero-order valence-electron chi connectivity index (χ0n) is 21.3. The number of hydrogen-bond donors (Lipinski definition) is 0. The van der Waals surface area contributed by atoms with Crippen LogP contribution in [0.3, 0.4) is 0 Å². The number of unbranched alkanes of at least 4 members (excludes halogenated alkanes) is 4. The minimum atomic E-state index is 0.966. The van der Waals surface area contributed by atoms with Gasteiger partial charge in [0, 0.05) is 0 Å². The van der Waals surface area contributed by atoms with Crippen molar-refractivity contribution >= 4 is 0 Å². The lowest BCUT2D eigenvalue weighted by molar-refractivity contribution is 0.0690. The molecule has 4 rings (SSSR count). The van der Waals surface area contributed by atoms with Gasteiger partial charge in [-0.2, -0.15) is 0 Å². The Kier molecular flexibility index (Phi) is 9.36. The fraction of sp³-hybridized carbons (Fsp3) is 0.750. The third-order valence-corrected chi connectivity index (χ3v) is 9.52. The molecule has 2 saturated carbocycles. The van der Waals surface area contributed by atoms with Gasteiger partial charge in [-0.15, -0.1) is 0 Å². The van der Waals surface area contributed by atoms with Crippen LogP contribution < -0.4 is 0 Å². The Morgan fingerprint density at radius 2 is 1.59 bits per heavy atom. The summed E-state index contributed by atoms with van der Waals surface area (Å²) in [5.74, 6) is 5.20. The van der Waals surface area contributed by atoms with E-state index in [1.54, 1.807) is 48.8 Å². The van der Waals surface area contributed by atoms with E-state index in [4.69, 9.17) is 0 Å². The van der Waals surface area contributed by atoms with Crippen molar-refractivity contribution < 1.29 is 0 Å². The highest BCUT2D eigenvalue weighted by molar-refractivity contribution is 5.34. The van der Waals surface area contributed by atoms with Gasteiger partial charge in [0.25, 0.3) is 0 Å². The molecule has 0 amide bonds. The molecule has 0 heteroatoms. The van der Waals surface area contributed by atoms with E-state index in [1.807, 2.05) is 0 Å². The number of fused-ring (bicyclic) bond motifs is 2. The summed E-state index contributed by atoms with van der Waals surface area (Å²) < 4.78 is 0. The zero-order valence-corrected chi connectivity index (χ0v) is 21.3. The van der Waals surface area contributed by atoms with Crippen LogP contribution in [0.1, 0.15) is 120 Å². The van der Waals surface area contributed by atoms with Crippen LogP contribution >= 0.6 is 0 Å². The Labute approximate surface area is 199 Å². The number of allylic oxidation sites excluding steroid dienone is 2. The molecular formula is C32H50. The summed E-state index contributed by atoms with van der Waals surface area (Å²) in [6.45, 7) is 4.45. The molecule has 3 aliphatic rings. The predicted molar refractivity (Wildman–Crippen MR) is 140 cm³/mol. The molecule has 32 heavy (non-hydrogen) atoms. The fourth-order valence-electron chi connectivity index (χ4n) is 7.56. The molecule has 0 nitrogen and oxygen atoms in total. The van der Waals surface area contributed by atoms with Gasteiger partial charge in [0.2, 0.25) is 0 Å². The van der Waals surface area contributed by atoms with Gasteiger partial charge in [-0.3, -0.25) is 0 Å². The van der Waals surface area contributed by atoms with Gasteiger partial charge in [0.05, 0.1) is 0 Å². The molecule has 3 aliphatic carbocycles. The first-order valence-electron chi connectivity index (χ1n) is 14.5. The monoisotopic (exact) mass is 434 g/mol. The van der Waals surface area contributed by atoms with E-state index in [1.165, 1.54) is 77.0 Å². The molecule has 0 bridgehead atoms. The van der Waals surface area contributed by atoms with Gasteiger partial charge >= 0.3 is 0 Å². The summed E-state index contributed by atoms with van der Waals surface area (Å²) in [7, 11) is 0. The van der Waals surface area contributed by atoms with Gasteiger partial charge in [0.1, 0.15) is 0 Å². The predicted octanol–water partition coefficient (Wildman–Crippen LogP) is 9.49. The van der Waals surface area contributed by atoms with Crippen molar-refractivity contribution in [2.45, 2.75) is 123 Å². The lowest BCUT2D eigenvalue weighted by atomic mass is 9.61. The van der Waals surface area contributed by atoms with Gasteiger partial charge in [0.15, 0.2) is 0 Å². The highest BCUT2D eigenvalue weighted by atomic mass is 14.4. The van der Waals surface area contributed by atoms with E-state index >= 15 is 0 Å². The molecule has 0 aliphatic heterocycles. The second kappa shape index (κ2) is 12.4. The Hall–Kier alpha value is -1.04. The maximum Gasteiger partial charge on any atom is -0.0244 e. The maximum atomic E-state index is 2.54. The number of hydrogen-bond acceptors (Lipinski definition) is 0. The second-order valence-corrected chi connectivity index (χ2v) is 11.7. The molecule has 0 N–H and O–H groups in total. The number of benzene rings is 1. The molecule has 0 radical (unpaired) electrons. The quantitative estimate of drug-likeness (QED) is 0.254. The molecule has 2 fully saturated rings. The summed E-state index contributed by atoms with van der Waals surface area (Å²) in [5, 5.41) is 0. The summed E-state index contributed by atoms with van der Waals surface area (Å²) in [5.41, 5.74) is 4.90. The minimum Gasteiger partial charge on any atom is -0.0917 e.